The van der Waals surface area contributed by atoms with Crippen LogP contribution in [0.15, 0.2) is 18.3 Å². The first-order valence-electron chi connectivity index (χ1n) is 7.07. The Labute approximate surface area is 115 Å². The van der Waals surface area contributed by atoms with Crippen molar-refractivity contribution >= 4 is 0 Å². The SMILES string of the molecule is CC(C)(C)N1CCC2(CC1)Oc1ncccc1[C@H]2N. The fraction of sp³-hybridized carbons (Fsp3) is 0.667. The lowest BCUT2D eigenvalue weighted by Crippen LogP contribution is -2.55. The molecule has 0 aliphatic carbocycles. The third-order valence-electron chi connectivity index (χ3n) is 4.56. The van der Waals surface area contributed by atoms with Gasteiger partial charge in [-0.05, 0) is 26.8 Å². The molecule has 19 heavy (non-hydrogen) atoms. The van der Waals surface area contributed by atoms with E-state index in [4.69, 9.17) is 10.5 Å². The highest BCUT2D eigenvalue weighted by atomic mass is 16.5. The van der Waals surface area contributed by atoms with Gasteiger partial charge in [0.15, 0.2) is 0 Å². The van der Waals surface area contributed by atoms with Crippen LogP contribution in [0.2, 0.25) is 0 Å². The number of piperidine rings is 1. The first-order chi connectivity index (χ1) is 8.92. The Bertz CT molecular complexity index is 473. The van der Waals surface area contributed by atoms with Crippen LogP contribution in [0.4, 0.5) is 0 Å². The summed E-state index contributed by atoms with van der Waals surface area (Å²) >= 11 is 0. The molecule has 1 fully saturated rings. The topological polar surface area (TPSA) is 51.4 Å². The molecule has 2 aliphatic heterocycles. The number of hydrogen-bond donors (Lipinski definition) is 1. The Morgan fingerprint density at radius 2 is 2.05 bits per heavy atom. The van der Waals surface area contributed by atoms with Crippen LogP contribution in [0.1, 0.15) is 45.2 Å². The molecule has 3 heterocycles. The molecule has 2 N–H and O–H groups in total. The van der Waals surface area contributed by atoms with Crippen molar-refractivity contribution in [3.05, 3.63) is 23.9 Å². The first-order valence-corrected chi connectivity index (χ1v) is 7.07. The molecule has 2 aliphatic rings. The number of rotatable bonds is 0. The highest BCUT2D eigenvalue weighted by Crippen LogP contribution is 2.46. The zero-order chi connectivity index (χ0) is 13.7. The smallest absolute Gasteiger partial charge is 0.218 e. The van der Waals surface area contributed by atoms with Gasteiger partial charge in [-0.1, -0.05) is 6.07 Å². The molecule has 1 spiro atoms. The van der Waals surface area contributed by atoms with Crippen LogP contribution in [0.3, 0.4) is 0 Å². The average Bonchev–Trinajstić information content (AvgIpc) is 2.63. The number of likely N-dealkylation sites (tertiary alicyclic amines) is 1. The molecule has 0 bridgehead atoms. The minimum absolute atomic E-state index is 0.0432. The van der Waals surface area contributed by atoms with Crippen molar-refractivity contribution in [1.29, 1.82) is 0 Å². The van der Waals surface area contributed by atoms with Gasteiger partial charge in [-0.3, -0.25) is 4.90 Å². The van der Waals surface area contributed by atoms with Crippen LogP contribution in [0, 0.1) is 0 Å². The van der Waals surface area contributed by atoms with Gasteiger partial charge in [-0.15, -0.1) is 0 Å². The van der Waals surface area contributed by atoms with Crippen LogP contribution in [0.25, 0.3) is 0 Å². The van der Waals surface area contributed by atoms with Gasteiger partial charge in [0.05, 0.1) is 6.04 Å². The number of aromatic nitrogens is 1. The van der Waals surface area contributed by atoms with E-state index in [1.54, 1.807) is 6.20 Å². The number of hydrogen-bond acceptors (Lipinski definition) is 4. The molecule has 1 atom stereocenters. The van der Waals surface area contributed by atoms with Gasteiger partial charge in [-0.2, -0.15) is 0 Å². The van der Waals surface area contributed by atoms with E-state index in [2.05, 4.69) is 30.7 Å². The maximum Gasteiger partial charge on any atom is 0.218 e. The van der Waals surface area contributed by atoms with Gasteiger partial charge < -0.3 is 10.5 Å². The maximum atomic E-state index is 6.43. The number of fused-ring (bicyclic) bond motifs is 1. The number of nitrogens with two attached hydrogens (primary N) is 1. The molecular weight excluding hydrogens is 238 g/mol. The van der Waals surface area contributed by atoms with Crippen molar-refractivity contribution in [2.24, 2.45) is 5.73 Å². The Hall–Kier alpha value is -1.13. The minimum Gasteiger partial charge on any atom is -0.469 e. The molecule has 4 heteroatoms. The highest BCUT2D eigenvalue weighted by Gasteiger charge is 2.49. The van der Waals surface area contributed by atoms with Crippen molar-refractivity contribution in [3.8, 4) is 5.88 Å². The molecule has 1 saturated heterocycles. The summed E-state index contributed by atoms with van der Waals surface area (Å²) in [5, 5.41) is 0. The number of nitrogens with zero attached hydrogens (tertiary/aromatic N) is 2. The molecular formula is C15H23N3O. The van der Waals surface area contributed by atoms with Crippen molar-refractivity contribution < 1.29 is 4.74 Å². The van der Waals surface area contributed by atoms with Gasteiger partial charge in [0.2, 0.25) is 5.88 Å². The molecule has 1 aromatic heterocycles. The molecule has 0 radical (unpaired) electrons. The standard InChI is InChI=1S/C15H23N3O/c1-14(2,3)18-9-6-15(7-10-18)12(16)11-5-4-8-17-13(11)19-15/h4-5,8,12H,6-7,9-10,16H2,1-3H3/t12-/m1/s1. The minimum atomic E-state index is -0.238. The summed E-state index contributed by atoms with van der Waals surface area (Å²) in [6.07, 6.45) is 3.72. The summed E-state index contributed by atoms with van der Waals surface area (Å²) in [5.41, 5.74) is 7.47. The maximum absolute atomic E-state index is 6.43. The lowest BCUT2D eigenvalue weighted by molar-refractivity contribution is -0.0255. The van der Waals surface area contributed by atoms with E-state index in [1.807, 2.05) is 12.1 Å². The average molecular weight is 261 g/mol. The van der Waals surface area contributed by atoms with Crippen LogP contribution in [-0.4, -0.2) is 34.1 Å². The van der Waals surface area contributed by atoms with Crippen molar-refractivity contribution in [2.45, 2.75) is 50.8 Å². The summed E-state index contributed by atoms with van der Waals surface area (Å²) in [6.45, 7) is 8.85. The normalized spacial score (nSPS) is 26.2. The summed E-state index contributed by atoms with van der Waals surface area (Å²) in [6, 6.07) is 3.93. The summed E-state index contributed by atoms with van der Waals surface area (Å²) < 4.78 is 6.15. The van der Waals surface area contributed by atoms with E-state index in [-0.39, 0.29) is 17.2 Å². The molecule has 0 saturated carbocycles. The quantitative estimate of drug-likeness (QED) is 0.777. The van der Waals surface area contributed by atoms with Gasteiger partial charge in [0.25, 0.3) is 0 Å². The van der Waals surface area contributed by atoms with E-state index < -0.39 is 0 Å². The third-order valence-corrected chi connectivity index (χ3v) is 4.56. The zero-order valence-corrected chi connectivity index (χ0v) is 12.0. The Morgan fingerprint density at radius 1 is 1.37 bits per heavy atom. The predicted molar refractivity (Wildman–Crippen MR) is 75.1 cm³/mol. The number of pyridine rings is 1. The van der Waals surface area contributed by atoms with E-state index in [0.29, 0.717) is 0 Å². The fourth-order valence-electron chi connectivity index (χ4n) is 3.23. The van der Waals surface area contributed by atoms with Crippen molar-refractivity contribution in [3.63, 3.8) is 0 Å². The third kappa shape index (κ3) is 2.03. The highest BCUT2D eigenvalue weighted by molar-refractivity contribution is 5.37. The van der Waals surface area contributed by atoms with Gasteiger partial charge >= 0.3 is 0 Å². The van der Waals surface area contributed by atoms with Crippen molar-refractivity contribution in [2.75, 3.05) is 13.1 Å². The van der Waals surface area contributed by atoms with Crippen LogP contribution >= 0.6 is 0 Å². The predicted octanol–water partition coefficient (Wildman–Crippen LogP) is 2.11. The molecule has 0 aromatic carbocycles. The van der Waals surface area contributed by atoms with E-state index in [1.165, 1.54) is 0 Å². The Morgan fingerprint density at radius 3 is 2.63 bits per heavy atom. The summed E-state index contributed by atoms with van der Waals surface area (Å²) in [5.74, 6) is 0.735. The lowest BCUT2D eigenvalue weighted by atomic mass is 9.82. The molecule has 4 nitrogen and oxygen atoms in total. The lowest BCUT2D eigenvalue weighted by Gasteiger charge is -2.45. The second kappa shape index (κ2) is 4.18. The molecule has 104 valence electrons. The van der Waals surface area contributed by atoms with E-state index in [0.717, 1.165) is 37.4 Å². The second-order valence-corrected chi connectivity index (χ2v) is 6.70. The largest absolute Gasteiger partial charge is 0.469 e. The molecule has 3 rings (SSSR count). The van der Waals surface area contributed by atoms with Gasteiger partial charge in [0.1, 0.15) is 5.60 Å². The summed E-state index contributed by atoms with van der Waals surface area (Å²) in [7, 11) is 0. The van der Waals surface area contributed by atoms with Crippen LogP contribution in [-0.2, 0) is 0 Å². The number of ether oxygens (including phenoxy) is 1. The van der Waals surface area contributed by atoms with E-state index in [9.17, 15) is 0 Å². The molecule has 1 aromatic rings. The Kier molecular flexibility index (Phi) is 2.84. The zero-order valence-electron chi connectivity index (χ0n) is 12.0. The first kappa shape index (κ1) is 12.9. The van der Waals surface area contributed by atoms with Gasteiger partial charge in [-0.25, -0.2) is 4.98 Å². The van der Waals surface area contributed by atoms with Crippen LogP contribution in [0.5, 0.6) is 5.88 Å². The van der Waals surface area contributed by atoms with Crippen molar-refractivity contribution in [1.82, 2.24) is 9.88 Å². The van der Waals surface area contributed by atoms with E-state index >= 15 is 0 Å². The molecule has 0 unspecified atom stereocenters. The summed E-state index contributed by atoms with van der Waals surface area (Å²) in [4.78, 5) is 6.82. The Balaban J connectivity index is 1.79. The molecule has 0 amide bonds. The fourth-order valence-corrected chi connectivity index (χ4v) is 3.23. The second-order valence-electron chi connectivity index (χ2n) is 6.70. The van der Waals surface area contributed by atoms with Crippen LogP contribution < -0.4 is 10.5 Å². The monoisotopic (exact) mass is 261 g/mol. The van der Waals surface area contributed by atoms with Gasteiger partial charge in [0, 0.05) is 43.2 Å².